The maximum Gasteiger partial charge on any atom is -0.0414 e. The Morgan fingerprint density at radius 1 is 0.440 bits per heavy atom. The van der Waals surface area contributed by atoms with Crippen LogP contribution in [0.3, 0.4) is 0 Å². The Morgan fingerprint density at radius 3 is 1.12 bits per heavy atom. The van der Waals surface area contributed by atoms with Crippen LogP contribution in [0.4, 0.5) is 0 Å². The maximum absolute atomic E-state index is 2.30. The average molecular weight is 351 g/mol. The summed E-state index contributed by atoms with van der Waals surface area (Å²) >= 11 is 0. The predicted molar refractivity (Wildman–Crippen MR) is 115 cm³/mol. The molecule has 1 fully saturated rings. The van der Waals surface area contributed by atoms with Crippen molar-refractivity contribution < 1.29 is 0 Å². The lowest BCUT2D eigenvalue weighted by atomic mass is 9.99. The molecule has 0 aromatic carbocycles. The van der Waals surface area contributed by atoms with Crippen molar-refractivity contribution in [2.75, 3.05) is 0 Å². The highest BCUT2D eigenvalue weighted by Crippen LogP contribution is 2.29. The van der Waals surface area contributed by atoms with Crippen molar-refractivity contribution in [1.82, 2.24) is 0 Å². The Labute approximate surface area is 160 Å². The van der Waals surface area contributed by atoms with E-state index in [1.54, 1.807) is 19.3 Å². The average Bonchev–Trinajstić information content (AvgIpc) is 3.14. The number of unbranched alkanes of at least 4 members (excludes halogenated alkanes) is 17. The van der Waals surface area contributed by atoms with Crippen molar-refractivity contribution >= 4 is 0 Å². The lowest BCUT2D eigenvalue weighted by Gasteiger charge is -2.08. The quantitative estimate of drug-likeness (QED) is 0.203. The van der Waals surface area contributed by atoms with Gasteiger partial charge in [0.25, 0.3) is 0 Å². The van der Waals surface area contributed by atoms with Gasteiger partial charge in [0.2, 0.25) is 0 Å². The van der Waals surface area contributed by atoms with E-state index in [9.17, 15) is 0 Å². The van der Waals surface area contributed by atoms with E-state index < -0.39 is 0 Å². The summed E-state index contributed by atoms with van der Waals surface area (Å²) in [6.45, 7) is 2.30. The Balaban J connectivity index is 1.63. The van der Waals surface area contributed by atoms with Gasteiger partial charge in [-0.15, -0.1) is 0 Å². The summed E-state index contributed by atoms with van der Waals surface area (Å²) in [5.41, 5.74) is 0. The summed E-state index contributed by atoms with van der Waals surface area (Å²) in [6.07, 6.45) is 34.4. The van der Waals surface area contributed by atoms with Gasteiger partial charge in [0.15, 0.2) is 0 Å². The molecule has 0 bridgehead atoms. The van der Waals surface area contributed by atoms with Gasteiger partial charge in [0.1, 0.15) is 0 Å². The Hall–Kier alpha value is 0. The van der Waals surface area contributed by atoms with Crippen molar-refractivity contribution in [2.45, 2.75) is 155 Å². The van der Waals surface area contributed by atoms with Gasteiger partial charge in [-0.05, 0) is 5.92 Å². The summed E-state index contributed by atoms with van der Waals surface area (Å²) in [4.78, 5) is 0. The second kappa shape index (κ2) is 18.8. The van der Waals surface area contributed by atoms with Crippen molar-refractivity contribution in [3.63, 3.8) is 0 Å². The van der Waals surface area contributed by atoms with Gasteiger partial charge in [-0.2, -0.15) is 0 Å². The molecule has 0 aromatic rings. The monoisotopic (exact) mass is 350 g/mol. The molecule has 0 radical (unpaired) electrons. The lowest BCUT2D eigenvalue weighted by molar-refractivity contribution is 0.459. The molecule has 0 N–H and O–H groups in total. The fraction of sp³-hybridized carbons (Fsp3) is 1.00. The minimum absolute atomic E-state index is 1.11. The molecule has 0 spiro atoms. The van der Waals surface area contributed by atoms with E-state index in [1.807, 2.05) is 0 Å². The van der Waals surface area contributed by atoms with E-state index in [0.717, 1.165) is 5.92 Å². The van der Waals surface area contributed by atoms with Gasteiger partial charge in [0, 0.05) is 0 Å². The first-order chi connectivity index (χ1) is 12.4. The molecule has 150 valence electrons. The molecule has 0 aliphatic heterocycles. The van der Waals surface area contributed by atoms with Crippen LogP contribution in [0.2, 0.25) is 0 Å². The van der Waals surface area contributed by atoms with Crippen LogP contribution in [0.5, 0.6) is 0 Å². The molecular weight excluding hydrogens is 300 g/mol. The summed E-state index contributed by atoms with van der Waals surface area (Å²) in [5, 5.41) is 0. The van der Waals surface area contributed by atoms with Crippen LogP contribution >= 0.6 is 0 Å². The van der Waals surface area contributed by atoms with Crippen LogP contribution in [0.15, 0.2) is 0 Å². The van der Waals surface area contributed by atoms with Gasteiger partial charge in [-0.25, -0.2) is 0 Å². The van der Waals surface area contributed by atoms with Crippen LogP contribution in [-0.4, -0.2) is 0 Å². The number of hydrogen-bond acceptors (Lipinski definition) is 0. The Bertz CT molecular complexity index is 238. The van der Waals surface area contributed by atoms with E-state index in [4.69, 9.17) is 0 Å². The van der Waals surface area contributed by atoms with Gasteiger partial charge in [-0.1, -0.05) is 155 Å². The number of hydrogen-bond donors (Lipinski definition) is 0. The first kappa shape index (κ1) is 23.0. The molecule has 0 unspecified atom stereocenters. The Kier molecular flexibility index (Phi) is 17.3. The van der Waals surface area contributed by atoms with Gasteiger partial charge in [-0.3, -0.25) is 0 Å². The summed E-state index contributed by atoms with van der Waals surface area (Å²) in [6, 6.07) is 0. The molecular formula is C25H50. The topological polar surface area (TPSA) is 0 Å². The van der Waals surface area contributed by atoms with Crippen molar-refractivity contribution in [1.29, 1.82) is 0 Å². The molecule has 0 heterocycles. The van der Waals surface area contributed by atoms with Crippen LogP contribution in [0.25, 0.3) is 0 Å². The zero-order chi connectivity index (χ0) is 17.8. The molecule has 0 nitrogen and oxygen atoms in total. The fourth-order valence-electron chi connectivity index (χ4n) is 4.63. The molecule has 1 aliphatic rings. The Morgan fingerprint density at radius 2 is 0.760 bits per heavy atom. The number of rotatable bonds is 19. The third kappa shape index (κ3) is 15.9. The summed E-state index contributed by atoms with van der Waals surface area (Å²) in [7, 11) is 0. The first-order valence-electron chi connectivity index (χ1n) is 12.4. The highest BCUT2D eigenvalue weighted by molar-refractivity contribution is 4.67. The molecule has 0 amide bonds. The van der Waals surface area contributed by atoms with Gasteiger partial charge in [0.05, 0.1) is 0 Å². The van der Waals surface area contributed by atoms with E-state index >= 15 is 0 Å². The summed E-state index contributed by atoms with van der Waals surface area (Å²) < 4.78 is 0. The third-order valence-corrected chi connectivity index (χ3v) is 6.44. The van der Waals surface area contributed by atoms with Crippen LogP contribution < -0.4 is 0 Å². The summed E-state index contributed by atoms with van der Waals surface area (Å²) in [5.74, 6) is 1.11. The largest absolute Gasteiger partial charge is 0.0654 e. The highest BCUT2D eigenvalue weighted by Gasteiger charge is 2.13. The second-order valence-corrected chi connectivity index (χ2v) is 8.95. The predicted octanol–water partition coefficient (Wildman–Crippen LogP) is 9.61. The highest BCUT2D eigenvalue weighted by atomic mass is 14.2. The van der Waals surface area contributed by atoms with E-state index in [2.05, 4.69) is 6.92 Å². The van der Waals surface area contributed by atoms with E-state index in [0.29, 0.717) is 0 Å². The molecule has 1 aliphatic carbocycles. The van der Waals surface area contributed by atoms with E-state index in [-0.39, 0.29) is 0 Å². The lowest BCUT2D eigenvalue weighted by Crippen LogP contribution is -1.92. The van der Waals surface area contributed by atoms with Crippen LogP contribution in [0.1, 0.15) is 155 Å². The zero-order valence-electron chi connectivity index (χ0n) is 17.8. The van der Waals surface area contributed by atoms with Crippen molar-refractivity contribution in [3.8, 4) is 0 Å². The van der Waals surface area contributed by atoms with Gasteiger partial charge < -0.3 is 0 Å². The SMILES string of the molecule is CCCCCCCCCCCCCCCCCCCCC1CCCC1. The van der Waals surface area contributed by atoms with E-state index in [1.165, 1.54) is 128 Å². The molecule has 0 saturated heterocycles. The molecule has 25 heavy (non-hydrogen) atoms. The van der Waals surface area contributed by atoms with Crippen LogP contribution in [0, 0.1) is 5.92 Å². The van der Waals surface area contributed by atoms with Crippen molar-refractivity contribution in [3.05, 3.63) is 0 Å². The molecule has 0 aromatic heterocycles. The molecule has 1 saturated carbocycles. The minimum atomic E-state index is 1.11. The van der Waals surface area contributed by atoms with Gasteiger partial charge >= 0.3 is 0 Å². The molecule has 0 atom stereocenters. The second-order valence-electron chi connectivity index (χ2n) is 8.95. The van der Waals surface area contributed by atoms with Crippen molar-refractivity contribution in [2.24, 2.45) is 5.92 Å². The fourth-order valence-corrected chi connectivity index (χ4v) is 4.63. The molecule has 1 rings (SSSR count). The smallest absolute Gasteiger partial charge is 0.0414 e. The third-order valence-electron chi connectivity index (χ3n) is 6.44. The zero-order valence-corrected chi connectivity index (χ0v) is 17.8. The molecule has 0 heteroatoms. The maximum atomic E-state index is 2.30. The van der Waals surface area contributed by atoms with Crippen LogP contribution in [-0.2, 0) is 0 Å². The normalized spacial score (nSPS) is 15.2. The standard InChI is InChI=1S/C25H50/c1-2-3-4-5-6-7-8-9-10-11-12-13-14-15-16-17-18-19-22-25-23-20-21-24-25/h25H,2-24H2,1H3. The minimum Gasteiger partial charge on any atom is -0.0654 e. The first-order valence-corrected chi connectivity index (χ1v) is 12.4.